The van der Waals surface area contributed by atoms with Crippen LogP contribution >= 0.6 is 0 Å². The Morgan fingerprint density at radius 1 is 0.959 bits per heavy atom. The quantitative estimate of drug-likeness (QED) is 0.130. The average Bonchev–Trinajstić information content (AvgIpc) is 3.49. The molecule has 10 rings (SSSR count). The number of phenols is 2. The number of carbonyl (C=O) groups excluding carboxylic acids is 2. The largest absolute Gasteiger partial charge is 0.504 e. The van der Waals surface area contributed by atoms with Crippen molar-refractivity contribution in [2.45, 2.75) is 62.8 Å². The van der Waals surface area contributed by atoms with Crippen molar-refractivity contribution in [1.82, 2.24) is 14.8 Å². The molecule has 11 nitrogen and oxygen atoms in total. The maximum absolute atomic E-state index is 12.6. The summed E-state index contributed by atoms with van der Waals surface area (Å²) in [5.74, 6) is 0.382. The molecule has 4 bridgehead atoms. The van der Waals surface area contributed by atoms with Gasteiger partial charge in [0.25, 0.3) is 10.1 Å². The van der Waals surface area contributed by atoms with E-state index in [9.17, 15) is 28.2 Å². The number of rotatable bonds is 2. The number of ether oxygens (including phenoxy) is 1. The molecule has 6 atom stereocenters. The molecule has 1 unspecified atom stereocenters. The van der Waals surface area contributed by atoms with E-state index in [1.807, 2.05) is 30.3 Å². The molecule has 6 aliphatic rings. The lowest BCUT2D eigenvalue weighted by molar-refractivity contribution is -0.145. The van der Waals surface area contributed by atoms with E-state index in [2.05, 4.69) is 40.0 Å². The lowest BCUT2D eigenvalue weighted by Gasteiger charge is -2.54. The van der Waals surface area contributed by atoms with E-state index in [1.54, 1.807) is 12.3 Å². The first-order chi connectivity index (χ1) is 23.4. The van der Waals surface area contributed by atoms with Gasteiger partial charge in [-0.2, -0.15) is 8.42 Å². The highest BCUT2D eigenvalue weighted by Crippen LogP contribution is 2.50. The number of aromatic amines is 1. The van der Waals surface area contributed by atoms with E-state index in [-0.39, 0.29) is 29.5 Å². The fraction of sp³-hybridized carbons (Fsp3) is 0.405. The summed E-state index contributed by atoms with van der Waals surface area (Å²) in [6.45, 7) is 1.67. The Bertz CT molecular complexity index is 2020. The van der Waals surface area contributed by atoms with Gasteiger partial charge in [0.2, 0.25) is 0 Å². The third-order valence-corrected chi connectivity index (χ3v) is 10.7. The molecule has 258 valence electrons. The number of benzene rings is 3. The van der Waals surface area contributed by atoms with Crippen LogP contribution < -0.4 is 0 Å². The van der Waals surface area contributed by atoms with Crippen LogP contribution in [0.15, 0.2) is 60.8 Å². The molecule has 1 aliphatic carbocycles. The second kappa shape index (κ2) is 12.9. The van der Waals surface area contributed by atoms with E-state index >= 15 is 0 Å². The number of ketones is 1. The molecule has 4 N–H and O–H groups in total. The highest BCUT2D eigenvalue weighted by molar-refractivity contribution is 7.85. The summed E-state index contributed by atoms with van der Waals surface area (Å²) in [7, 11) is -1.50. The smallest absolute Gasteiger partial charge is 0.340 e. The summed E-state index contributed by atoms with van der Waals surface area (Å²) in [4.78, 5) is 32.4. The van der Waals surface area contributed by atoms with Gasteiger partial charge in [0, 0.05) is 66.1 Å². The number of aromatic nitrogens is 1. The minimum Gasteiger partial charge on any atom is -0.504 e. The normalized spacial score (nSPS) is 26.4. The summed E-state index contributed by atoms with van der Waals surface area (Å²) < 4.78 is 31.7. The fourth-order valence-electron chi connectivity index (χ4n) is 8.54. The molecule has 4 aromatic rings. The number of aromatic hydroxyl groups is 2. The molecule has 49 heavy (non-hydrogen) atoms. The van der Waals surface area contributed by atoms with Crippen LogP contribution in [0.1, 0.15) is 58.8 Å². The zero-order chi connectivity index (χ0) is 34.6. The van der Waals surface area contributed by atoms with Gasteiger partial charge in [0.05, 0.1) is 18.4 Å². The van der Waals surface area contributed by atoms with Gasteiger partial charge in [-0.15, -0.1) is 0 Å². The number of hydrogen-bond acceptors (Lipinski definition) is 9. The number of para-hydroxylation sites is 1. The van der Waals surface area contributed by atoms with E-state index in [0.717, 1.165) is 72.7 Å². The van der Waals surface area contributed by atoms with E-state index in [0.29, 0.717) is 42.3 Å². The number of nitrogens with zero attached hydrogens (tertiary/aromatic N) is 2. The minimum absolute atomic E-state index is 0.0163. The Kier molecular flexibility index (Phi) is 8.76. The third-order valence-electron chi connectivity index (χ3n) is 10.7. The van der Waals surface area contributed by atoms with Crippen molar-refractivity contribution in [1.29, 1.82) is 0 Å². The molecule has 12 heteroatoms. The fourth-order valence-corrected chi connectivity index (χ4v) is 8.54. The molecule has 4 fully saturated rings. The van der Waals surface area contributed by atoms with Crippen molar-refractivity contribution in [3.05, 3.63) is 83.0 Å². The molecule has 1 aromatic heterocycles. The second-order valence-electron chi connectivity index (χ2n) is 13.9. The Hall–Kier alpha value is -4.23. The van der Waals surface area contributed by atoms with Crippen LogP contribution in [0, 0.1) is 5.92 Å². The highest BCUT2D eigenvalue weighted by atomic mass is 32.2. The van der Waals surface area contributed by atoms with Gasteiger partial charge in [-0.05, 0) is 67.1 Å². The van der Waals surface area contributed by atoms with Gasteiger partial charge >= 0.3 is 5.97 Å². The maximum Gasteiger partial charge on any atom is 0.340 e. The van der Waals surface area contributed by atoms with Crippen LogP contribution in [0.2, 0.25) is 0 Å². The van der Waals surface area contributed by atoms with Gasteiger partial charge in [-0.1, -0.05) is 42.5 Å². The number of esters is 1. The van der Waals surface area contributed by atoms with Gasteiger partial charge < -0.3 is 19.9 Å². The summed E-state index contributed by atoms with van der Waals surface area (Å²) in [5, 5.41) is 21.0. The second-order valence-corrected chi connectivity index (χ2v) is 15.4. The molecule has 6 heterocycles. The van der Waals surface area contributed by atoms with Crippen molar-refractivity contribution in [3.63, 3.8) is 0 Å². The first-order valence-corrected chi connectivity index (χ1v) is 18.5. The van der Waals surface area contributed by atoms with Crippen LogP contribution in [-0.4, -0.2) is 94.3 Å². The number of carbonyl (C=O) groups is 2. The van der Waals surface area contributed by atoms with Gasteiger partial charge in [-0.3, -0.25) is 19.1 Å². The molecular formula is C37H41N3O8S. The number of piperidine rings is 4. The predicted molar refractivity (Wildman–Crippen MR) is 184 cm³/mol. The molecular weight excluding hydrogens is 646 g/mol. The number of likely N-dealkylation sites (N-methyl/N-ethyl adjacent to an activating group) is 1. The highest BCUT2D eigenvalue weighted by Gasteiger charge is 2.49. The summed E-state index contributed by atoms with van der Waals surface area (Å²) in [5.41, 5.74) is 7.27. The minimum atomic E-state index is -3.67. The van der Waals surface area contributed by atoms with Crippen LogP contribution in [0.5, 0.6) is 11.5 Å². The van der Waals surface area contributed by atoms with Crippen molar-refractivity contribution in [3.8, 4) is 22.6 Å². The average molecular weight is 688 g/mol. The Morgan fingerprint density at radius 3 is 2.39 bits per heavy atom. The first kappa shape index (κ1) is 33.3. The number of phenolic OH excluding ortho intramolecular Hbond substituents is 2. The predicted octanol–water partition coefficient (Wildman–Crippen LogP) is 4.87. The third kappa shape index (κ3) is 6.58. The lowest BCUT2D eigenvalue weighted by Crippen LogP contribution is -2.63. The van der Waals surface area contributed by atoms with E-state index in [1.165, 1.54) is 11.1 Å². The molecule has 0 radical (unpaired) electrons. The van der Waals surface area contributed by atoms with Crippen LogP contribution in [0.4, 0.5) is 0 Å². The van der Waals surface area contributed by atoms with Crippen molar-refractivity contribution >= 4 is 32.8 Å². The molecule has 5 aliphatic heterocycles. The number of nitrogens with one attached hydrogen (secondary N) is 1. The first-order valence-electron chi connectivity index (χ1n) is 16.7. The lowest BCUT2D eigenvalue weighted by atomic mass is 9.72. The summed E-state index contributed by atoms with van der Waals surface area (Å²) >= 11 is 0. The SMILES string of the molecule is CN1CCc2cccc3c2[C@H]1Cc1ccc(O)c(O)c1-3.CS(=O)(=O)O.O=C(O[C@@H]1C[C@@H]2C[C@@H]3C[C@H](C1)N2CC3=O)c1c[nH]c2ccccc12. The number of hydrogen-bond donors (Lipinski definition) is 4. The zero-order valence-electron chi connectivity index (χ0n) is 27.5. The number of fused-ring (bicyclic) bond motifs is 4. The van der Waals surface area contributed by atoms with Crippen LogP contribution in [0.3, 0.4) is 0 Å². The monoisotopic (exact) mass is 687 g/mol. The van der Waals surface area contributed by atoms with Crippen molar-refractivity contribution < 1.29 is 37.5 Å². The van der Waals surface area contributed by atoms with Crippen LogP contribution in [-0.2, 0) is 32.5 Å². The topological polar surface area (TPSA) is 160 Å². The Morgan fingerprint density at radius 2 is 1.67 bits per heavy atom. The van der Waals surface area contributed by atoms with E-state index in [4.69, 9.17) is 9.29 Å². The van der Waals surface area contributed by atoms with E-state index < -0.39 is 10.1 Å². The van der Waals surface area contributed by atoms with Gasteiger partial charge in [-0.25, -0.2) is 4.79 Å². The Balaban J connectivity index is 0.000000138. The zero-order valence-corrected chi connectivity index (χ0v) is 28.3. The maximum atomic E-state index is 12.6. The van der Waals surface area contributed by atoms with Crippen molar-refractivity contribution in [2.24, 2.45) is 5.92 Å². The van der Waals surface area contributed by atoms with Crippen LogP contribution in [0.25, 0.3) is 22.0 Å². The standard InChI is InChI=1S/C19H20N2O3.C17H17NO2.CH4O3S/c22-18-10-21-12-5-11(18)6-13(21)8-14(7-12)24-19(23)16-9-20-17-4-2-1-3-15(16)17;1-18-8-7-10-3-2-4-12-15(10)13(18)9-11-5-6-14(19)17(20)16(11)12;1-5(2,3)4/h1-4,9,11-14,20H,5-8,10H2;2-6,13,19-20H,7-9H2,1H3;1H3,(H,2,3,4)/t11-,12+,13-,14-;13-;/m.1./s1. The Labute approximate surface area is 285 Å². The van der Waals surface area contributed by atoms with Gasteiger partial charge in [0.15, 0.2) is 11.5 Å². The molecule has 0 spiro atoms. The van der Waals surface area contributed by atoms with Crippen molar-refractivity contribution in [2.75, 3.05) is 26.4 Å². The molecule has 0 saturated carbocycles. The number of Topliss-reactive ketones (excluding diaryl/α,β-unsaturated/α-hetero) is 1. The molecule has 0 amide bonds. The van der Waals surface area contributed by atoms with Gasteiger partial charge in [0.1, 0.15) is 11.9 Å². The number of H-pyrrole nitrogens is 1. The summed E-state index contributed by atoms with van der Waals surface area (Å²) in [6.07, 6.45) is 7.95. The molecule has 4 saturated heterocycles. The molecule has 3 aromatic carbocycles. The summed E-state index contributed by atoms with van der Waals surface area (Å²) in [6, 6.07) is 18.8.